The number of rotatable bonds is 0. The maximum absolute atomic E-state index is 9.42. The predicted octanol–water partition coefficient (Wildman–Crippen LogP) is 1.21. The van der Waals surface area contributed by atoms with Crippen LogP contribution in [0.25, 0.3) is 18.4 Å². The van der Waals surface area contributed by atoms with E-state index in [0.29, 0.717) is 12.0 Å². The van der Waals surface area contributed by atoms with Crippen molar-refractivity contribution in [1.82, 2.24) is 9.97 Å². The van der Waals surface area contributed by atoms with E-state index in [4.69, 9.17) is 4.74 Å². The Hall–Kier alpha value is -2.93. The normalized spacial score (nSPS) is 21.3. The van der Waals surface area contributed by atoms with E-state index in [1.807, 2.05) is 30.4 Å². The summed E-state index contributed by atoms with van der Waals surface area (Å²) in [5.41, 5.74) is 1.91. The van der Waals surface area contributed by atoms with Crippen molar-refractivity contribution in [1.29, 1.82) is 5.26 Å². The van der Waals surface area contributed by atoms with Gasteiger partial charge in [-0.15, -0.1) is 0 Å². The largest absolute Gasteiger partial charge is 0.485 e. The molecule has 0 saturated carbocycles. The third kappa shape index (κ3) is 1.68. The Labute approximate surface area is 121 Å². The molecule has 1 atom stereocenters. The zero-order chi connectivity index (χ0) is 14.3. The highest BCUT2D eigenvalue weighted by Crippen LogP contribution is 2.41. The quantitative estimate of drug-likeness (QED) is 0.724. The van der Waals surface area contributed by atoms with Gasteiger partial charge in [-0.05, 0) is 17.7 Å². The molecule has 1 spiro atoms. The lowest BCUT2D eigenvalue weighted by molar-refractivity contribution is 0.111. The summed E-state index contributed by atoms with van der Waals surface area (Å²) in [6.07, 6.45) is 11.7. The second-order valence-electron chi connectivity index (χ2n) is 5.12. The molecular formula is C17H11N3O. The van der Waals surface area contributed by atoms with Crippen LogP contribution < -0.4 is 10.6 Å². The first-order valence-electron chi connectivity index (χ1n) is 6.69. The summed E-state index contributed by atoms with van der Waals surface area (Å²) >= 11 is 0. The van der Waals surface area contributed by atoms with E-state index in [2.05, 4.69) is 22.1 Å². The standard InChI is InChI=1S/C17H11N3O/c18-8-13-4-1-3-12-5-2-6-17(16(12)13)7-15-14(10-21-17)9-19-11-20-15/h1-5,7,9-11H,6H2. The van der Waals surface area contributed by atoms with Crippen LogP contribution in [0, 0.1) is 11.3 Å². The Kier molecular flexibility index (Phi) is 2.42. The van der Waals surface area contributed by atoms with Crippen LogP contribution in [0.1, 0.15) is 23.1 Å². The lowest BCUT2D eigenvalue weighted by Crippen LogP contribution is -2.41. The molecule has 0 radical (unpaired) electrons. The molecule has 2 heterocycles. The number of nitriles is 1. The molecule has 4 rings (SSSR count). The Bertz CT molecular complexity index is 924. The van der Waals surface area contributed by atoms with E-state index in [1.54, 1.807) is 12.5 Å². The Morgan fingerprint density at radius 1 is 1.33 bits per heavy atom. The van der Waals surface area contributed by atoms with Gasteiger partial charge < -0.3 is 4.74 Å². The lowest BCUT2D eigenvalue weighted by Gasteiger charge is -2.35. The zero-order valence-electron chi connectivity index (χ0n) is 11.2. The number of fused-ring (bicyclic) bond motifs is 3. The van der Waals surface area contributed by atoms with Crippen molar-refractivity contribution in [3.63, 3.8) is 0 Å². The van der Waals surface area contributed by atoms with Crippen LogP contribution in [0.3, 0.4) is 0 Å². The van der Waals surface area contributed by atoms with Crippen LogP contribution in [0.15, 0.2) is 36.8 Å². The summed E-state index contributed by atoms with van der Waals surface area (Å²) < 4.78 is 6.04. The van der Waals surface area contributed by atoms with Gasteiger partial charge in [-0.1, -0.05) is 24.3 Å². The number of benzene rings is 1. The SMILES string of the molecule is N#Cc1cccc2c1C1(C=c3ncncc3=CO1)CC=C2. The number of aromatic nitrogens is 2. The average Bonchev–Trinajstić information content (AvgIpc) is 2.54. The predicted molar refractivity (Wildman–Crippen MR) is 77.8 cm³/mol. The van der Waals surface area contributed by atoms with Crippen LogP contribution in [-0.2, 0) is 10.3 Å². The van der Waals surface area contributed by atoms with Crippen molar-refractivity contribution in [3.05, 3.63) is 64.1 Å². The first kappa shape index (κ1) is 11.9. The molecule has 2 aliphatic rings. The number of hydrogen-bond donors (Lipinski definition) is 0. The van der Waals surface area contributed by atoms with Gasteiger partial charge in [0.15, 0.2) is 5.60 Å². The van der Waals surface area contributed by atoms with Gasteiger partial charge in [0.1, 0.15) is 6.33 Å². The van der Waals surface area contributed by atoms with Crippen LogP contribution in [0.2, 0.25) is 0 Å². The maximum atomic E-state index is 9.42. The monoisotopic (exact) mass is 273 g/mol. The van der Waals surface area contributed by atoms with E-state index < -0.39 is 5.60 Å². The first-order valence-corrected chi connectivity index (χ1v) is 6.69. The Balaban J connectivity index is 2.04. The molecule has 1 unspecified atom stereocenters. The molecule has 21 heavy (non-hydrogen) atoms. The minimum absolute atomic E-state index is 0.638. The molecule has 1 aliphatic carbocycles. The molecule has 0 saturated heterocycles. The van der Waals surface area contributed by atoms with Crippen LogP contribution in [-0.4, -0.2) is 9.97 Å². The van der Waals surface area contributed by atoms with E-state index in [0.717, 1.165) is 21.7 Å². The van der Waals surface area contributed by atoms with Crippen molar-refractivity contribution in [2.75, 3.05) is 0 Å². The van der Waals surface area contributed by atoms with Crippen LogP contribution in [0.5, 0.6) is 0 Å². The smallest absolute Gasteiger partial charge is 0.159 e. The van der Waals surface area contributed by atoms with Crippen LogP contribution in [0.4, 0.5) is 0 Å². The second-order valence-corrected chi connectivity index (χ2v) is 5.12. The number of ether oxygens (including phenoxy) is 1. The molecule has 0 N–H and O–H groups in total. The highest BCUT2D eigenvalue weighted by atomic mass is 16.5. The third-order valence-corrected chi connectivity index (χ3v) is 3.90. The fourth-order valence-corrected chi connectivity index (χ4v) is 2.96. The van der Waals surface area contributed by atoms with Crippen molar-refractivity contribution in [2.45, 2.75) is 12.0 Å². The maximum Gasteiger partial charge on any atom is 0.159 e. The van der Waals surface area contributed by atoms with E-state index in [9.17, 15) is 5.26 Å². The minimum atomic E-state index is -0.655. The summed E-state index contributed by atoms with van der Waals surface area (Å²) in [6.45, 7) is 0. The summed E-state index contributed by atoms with van der Waals surface area (Å²) in [6, 6.07) is 7.99. The molecular weight excluding hydrogens is 262 g/mol. The molecule has 0 fully saturated rings. The van der Waals surface area contributed by atoms with E-state index in [-0.39, 0.29) is 0 Å². The molecule has 4 nitrogen and oxygen atoms in total. The van der Waals surface area contributed by atoms with E-state index in [1.165, 1.54) is 6.33 Å². The van der Waals surface area contributed by atoms with Crippen molar-refractivity contribution in [2.24, 2.45) is 0 Å². The van der Waals surface area contributed by atoms with Gasteiger partial charge in [0.05, 0.1) is 28.5 Å². The van der Waals surface area contributed by atoms with Gasteiger partial charge in [-0.2, -0.15) is 5.26 Å². The van der Waals surface area contributed by atoms with Gasteiger partial charge in [-0.3, -0.25) is 0 Å². The summed E-state index contributed by atoms with van der Waals surface area (Å²) in [7, 11) is 0. The molecule has 4 heteroatoms. The van der Waals surface area contributed by atoms with Gasteiger partial charge in [0.2, 0.25) is 0 Å². The fraction of sp³-hybridized carbons (Fsp3) is 0.118. The minimum Gasteiger partial charge on any atom is -0.485 e. The lowest BCUT2D eigenvalue weighted by atomic mass is 9.79. The second kappa shape index (κ2) is 4.29. The molecule has 100 valence electrons. The molecule has 0 bridgehead atoms. The highest BCUT2D eigenvalue weighted by Gasteiger charge is 2.37. The van der Waals surface area contributed by atoms with Crippen LogP contribution >= 0.6 is 0 Å². The molecule has 1 aromatic heterocycles. The molecule has 1 aromatic carbocycles. The van der Waals surface area contributed by atoms with Gasteiger partial charge in [0.25, 0.3) is 0 Å². The molecule has 0 amide bonds. The topological polar surface area (TPSA) is 58.8 Å². The van der Waals surface area contributed by atoms with Gasteiger partial charge >= 0.3 is 0 Å². The molecule has 1 aliphatic heterocycles. The van der Waals surface area contributed by atoms with Gasteiger partial charge in [-0.25, -0.2) is 9.97 Å². The summed E-state index contributed by atoms with van der Waals surface area (Å²) in [4.78, 5) is 8.31. The number of nitrogens with zero attached hydrogens (tertiary/aromatic N) is 3. The first-order chi connectivity index (χ1) is 10.3. The average molecular weight is 273 g/mol. The summed E-state index contributed by atoms with van der Waals surface area (Å²) in [5, 5.41) is 11.1. The highest BCUT2D eigenvalue weighted by molar-refractivity contribution is 5.68. The summed E-state index contributed by atoms with van der Waals surface area (Å²) in [5.74, 6) is 0. The number of hydrogen-bond acceptors (Lipinski definition) is 4. The zero-order valence-corrected chi connectivity index (χ0v) is 11.2. The van der Waals surface area contributed by atoms with E-state index >= 15 is 0 Å². The fourth-order valence-electron chi connectivity index (χ4n) is 2.96. The van der Waals surface area contributed by atoms with Gasteiger partial charge in [0, 0.05) is 18.2 Å². The molecule has 2 aromatic rings. The van der Waals surface area contributed by atoms with Crippen molar-refractivity contribution in [3.8, 4) is 6.07 Å². The third-order valence-electron chi connectivity index (χ3n) is 3.90. The Morgan fingerprint density at radius 2 is 2.29 bits per heavy atom. The van der Waals surface area contributed by atoms with Crippen molar-refractivity contribution < 1.29 is 4.74 Å². The van der Waals surface area contributed by atoms with Crippen molar-refractivity contribution >= 4 is 18.4 Å². The Morgan fingerprint density at radius 3 is 3.19 bits per heavy atom.